The average Bonchev–Trinajstić information content (AvgIpc) is 2.37. The normalized spacial score (nSPS) is 9.89. The fraction of sp³-hybridized carbons (Fsp3) is 0.188. The minimum atomic E-state index is 0. The zero-order valence-corrected chi connectivity index (χ0v) is 15.1. The molecule has 3 heteroatoms. The fourth-order valence-electron chi connectivity index (χ4n) is 2.28. The van der Waals surface area contributed by atoms with E-state index in [2.05, 4.69) is 22.2 Å². The molecule has 0 spiro atoms. The Balaban J connectivity index is 0.00000180. The van der Waals surface area contributed by atoms with Crippen LogP contribution in [0.15, 0.2) is 36.4 Å². The van der Waals surface area contributed by atoms with Gasteiger partial charge in [0, 0.05) is 11.1 Å². The number of hydrogen-bond acceptors (Lipinski definition) is 1. The third kappa shape index (κ3) is 3.35. The zero-order valence-electron chi connectivity index (χ0n) is 12.9. The van der Waals surface area contributed by atoms with E-state index in [-0.39, 0.29) is 36.8 Å². The number of carbonyl (C=O) groups excluding carboxylic acids is 1. The Morgan fingerprint density at radius 3 is 2.21 bits per heavy atom. The molecule has 0 N–H and O–H groups in total. The summed E-state index contributed by atoms with van der Waals surface area (Å²) in [6, 6.07) is 11.5. The van der Waals surface area contributed by atoms with Crippen molar-refractivity contribution < 1.29 is 35.8 Å². The molecule has 0 saturated heterocycles. The van der Waals surface area contributed by atoms with Gasteiger partial charge in [-0.05, 0) is 42.8 Å². The van der Waals surface area contributed by atoms with Crippen LogP contribution < -0.4 is 34.9 Å². The van der Waals surface area contributed by atoms with Crippen LogP contribution in [0.1, 0.15) is 34.0 Å². The molecule has 1 atom stereocenters. The monoisotopic (exact) mass is 280 g/mol. The van der Waals surface area contributed by atoms with Crippen LogP contribution in [0.4, 0.5) is 0 Å². The van der Waals surface area contributed by atoms with Gasteiger partial charge in [0.05, 0.1) is 0 Å². The molecule has 2 rings (SSSR count). The van der Waals surface area contributed by atoms with Crippen molar-refractivity contribution in [3.05, 3.63) is 64.2 Å². The minimum Gasteiger partial charge on any atom is -1.00 e. The van der Waals surface area contributed by atoms with Crippen molar-refractivity contribution in [3.8, 4) is 0 Å². The van der Waals surface area contributed by atoms with Gasteiger partial charge in [-0.2, -0.15) is 0 Å². The Hall–Kier alpha value is -0.460. The SMILES string of the molecule is Cc1cc(C)c(C(=O)c2ccccc2)c(C)c1P.[H-].[Na+]. The van der Waals surface area contributed by atoms with Crippen molar-refractivity contribution in [3.63, 3.8) is 0 Å². The predicted octanol–water partition coefficient (Wildman–Crippen LogP) is 0.460. The van der Waals surface area contributed by atoms with Crippen LogP contribution in [-0.2, 0) is 0 Å². The Bertz CT molecular complexity index is 612. The van der Waals surface area contributed by atoms with Crippen molar-refractivity contribution in [2.45, 2.75) is 20.8 Å². The summed E-state index contributed by atoms with van der Waals surface area (Å²) in [5.74, 6) is 0.106. The Labute approximate surface area is 140 Å². The molecular weight excluding hydrogens is 262 g/mol. The molecule has 19 heavy (non-hydrogen) atoms. The summed E-state index contributed by atoms with van der Waals surface area (Å²) in [7, 11) is 2.73. The van der Waals surface area contributed by atoms with Gasteiger partial charge in [0.2, 0.25) is 0 Å². The third-order valence-electron chi connectivity index (χ3n) is 3.29. The second-order valence-corrected chi connectivity index (χ2v) is 5.20. The molecule has 1 unspecified atom stereocenters. The van der Waals surface area contributed by atoms with Crippen LogP contribution in [0.5, 0.6) is 0 Å². The van der Waals surface area contributed by atoms with Gasteiger partial charge in [-0.3, -0.25) is 4.79 Å². The molecular formula is C16H18NaOP. The first kappa shape index (κ1) is 16.6. The Kier molecular flexibility index (Phi) is 5.95. The Morgan fingerprint density at radius 1 is 1.05 bits per heavy atom. The van der Waals surface area contributed by atoms with E-state index >= 15 is 0 Å². The van der Waals surface area contributed by atoms with Crippen molar-refractivity contribution in [1.82, 2.24) is 0 Å². The van der Waals surface area contributed by atoms with Gasteiger partial charge < -0.3 is 1.43 Å². The summed E-state index contributed by atoms with van der Waals surface area (Å²) in [5, 5.41) is 1.12. The maximum atomic E-state index is 12.5. The molecule has 2 aromatic carbocycles. The number of aryl methyl sites for hydroxylation is 2. The molecule has 0 bridgehead atoms. The topological polar surface area (TPSA) is 17.1 Å². The van der Waals surface area contributed by atoms with E-state index in [1.165, 1.54) is 5.56 Å². The first-order valence-corrected chi connectivity index (χ1v) is 6.56. The van der Waals surface area contributed by atoms with Gasteiger partial charge in [-0.25, -0.2) is 0 Å². The molecule has 0 aliphatic carbocycles. The molecule has 0 fully saturated rings. The number of hydrogen-bond donors (Lipinski definition) is 0. The van der Waals surface area contributed by atoms with Gasteiger partial charge in [-0.15, -0.1) is 9.24 Å². The Morgan fingerprint density at radius 2 is 1.63 bits per heavy atom. The summed E-state index contributed by atoms with van der Waals surface area (Å²) in [6.07, 6.45) is 0. The summed E-state index contributed by atoms with van der Waals surface area (Å²) < 4.78 is 0. The van der Waals surface area contributed by atoms with E-state index < -0.39 is 0 Å². The van der Waals surface area contributed by atoms with E-state index in [4.69, 9.17) is 0 Å². The molecule has 1 nitrogen and oxygen atoms in total. The van der Waals surface area contributed by atoms with Crippen LogP contribution in [0.2, 0.25) is 0 Å². The molecule has 0 amide bonds. The third-order valence-corrected chi connectivity index (χ3v) is 4.18. The van der Waals surface area contributed by atoms with Crippen molar-refractivity contribution in [2.75, 3.05) is 0 Å². The van der Waals surface area contributed by atoms with E-state index in [0.717, 1.165) is 27.6 Å². The standard InChI is InChI=1S/C16H17OP.Na.H/c1-10-9-11(2)16(18)12(3)14(10)15(17)13-7-5-4-6-8-13;;/h4-9H,18H2,1-3H3;;/q;+1;-1. The van der Waals surface area contributed by atoms with Gasteiger partial charge >= 0.3 is 29.6 Å². The molecule has 2 aromatic rings. The van der Waals surface area contributed by atoms with Crippen LogP contribution in [-0.4, -0.2) is 5.78 Å². The number of carbonyl (C=O) groups is 1. The second-order valence-electron chi connectivity index (χ2n) is 4.62. The van der Waals surface area contributed by atoms with Crippen molar-refractivity contribution >= 4 is 20.3 Å². The largest absolute Gasteiger partial charge is 1.00 e. The van der Waals surface area contributed by atoms with E-state index in [1.807, 2.05) is 44.2 Å². The van der Waals surface area contributed by atoms with E-state index in [9.17, 15) is 4.79 Å². The zero-order chi connectivity index (χ0) is 13.3. The van der Waals surface area contributed by atoms with Gasteiger partial charge in [0.25, 0.3) is 0 Å². The first-order chi connectivity index (χ1) is 8.52. The summed E-state index contributed by atoms with van der Waals surface area (Å²) >= 11 is 0. The minimum absolute atomic E-state index is 0. The van der Waals surface area contributed by atoms with E-state index in [1.54, 1.807) is 0 Å². The van der Waals surface area contributed by atoms with Crippen molar-refractivity contribution in [2.24, 2.45) is 0 Å². The molecule has 0 aromatic heterocycles. The number of rotatable bonds is 2. The predicted molar refractivity (Wildman–Crippen MR) is 81.0 cm³/mol. The average molecular weight is 280 g/mol. The van der Waals surface area contributed by atoms with Crippen LogP contribution in [0, 0.1) is 20.8 Å². The second kappa shape index (κ2) is 6.81. The molecule has 0 heterocycles. The van der Waals surface area contributed by atoms with Gasteiger partial charge in [0.1, 0.15) is 0 Å². The molecule has 0 saturated carbocycles. The van der Waals surface area contributed by atoms with Crippen molar-refractivity contribution in [1.29, 1.82) is 0 Å². The summed E-state index contributed by atoms with van der Waals surface area (Å²) in [4.78, 5) is 12.5. The van der Waals surface area contributed by atoms with Gasteiger partial charge in [-0.1, -0.05) is 36.4 Å². The summed E-state index contributed by atoms with van der Waals surface area (Å²) in [6.45, 7) is 6.08. The fourth-order valence-corrected chi connectivity index (χ4v) is 2.51. The van der Waals surface area contributed by atoms with Gasteiger partial charge in [0.15, 0.2) is 5.78 Å². The van der Waals surface area contributed by atoms with Crippen LogP contribution in [0.25, 0.3) is 0 Å². The quantitative estimate of drug-likeness (QED) is 0.444. The molecule has 0 aliphatic rings. The molecule has 0 radical (unpaired) electrons. The maximum absolute atomic E-state index is 12.5. The first-order valence-electron chi connectivity index (χ1n) is 5.98. The number of ketones is 1. The van der Waals surface area contributed by atoms with Crippen LogP contribution in [0.3, 0.4) is 0 Å². The molecule has 0 aliphatic heterocycles. The van der Waals surface area contributed by atoms with E-state index in [0.29, 0.717) is 0 Å². The summed E-state index contributed by atoms with van der Waals surface area (Å²) in [5.41, 5.74) is 4.89. The number of benzene rings is 2. The molecule has 94 valence electrons. The smallest absolute Gasteiger partial charge is 1.00 e. The van der Waals surface area contributed by atoms with Crippen LogP contribution >= 0.6 is 9.24 Å². The maximum Gasteiger partial charge on any atom is 1.00 e.